The van der Waals surface area contributed by atoms with Gasteiger partial charge in [0.05, 0.1) is 11.9 Å². The highest BCUT2D eigenvalue weighted by Gasteiger charge is 2.35. The molecule has 2 amide bonds. The average molecular weight is 631 g/mol. The van der Waals surface area contributed by atoms with Crippen molar-refractivity contribution in [3.63, 3.8) is 0 Å². The van der Waals surface area contributed by atoms with Crippen LogP contribution in [0.15, 0.2) is 66.7 Å². The number of amides is 2. The van der Waals surface area contributed by atoms with E-state index in [2.05, 4.69) is 5.32 Å². The van der Waals surface area contributed by atoms with E-state index in [0.29, 0.717) is 26.9 Å². The van der Waals surface area contributed by atoms with Gasteiger partial charge in [0, 0.05) is 34.6 Å². The minimum Gasteiger partial charge on any atom is -0.352 e. The Morgan fingerprint density at radius 3 is 2.21 bits per heavy atom. The highest BCUT2D eigenvalue weighted by molar-refractivity contribution is 7.92. The lowest BCUT2D eigenvalue weighted by Gasteiger charge is -2.34. The molecule has 0 bridgehead atoms. The molecule has 224 valence electrons. The summed E-state index contributed by atoms with van der Waals surface area (Å²) in [4.78, 5) is 29.7. The summed E-state index contributed by atoms with van der Waals surface area (Å²) in [5.74, 6) is -0.834. The van der Waals surface area contributed by atoms with Gasteiger partial charge in [-0.1, -0.05) is 84.6 Å². The van der Waals surface area contributed by atoms with E-state index in [1.54, 1.807) is 31.2 Å². The Morgan fingerprint density at radius 1 is 0.952 bits per heavy atom. The summed E-state index contributed by atoms with van der Waals surface area (Å²) in [6.07, 6.45) is 5.13. The number of hydrogen-bond donors (Lipinski definition) is 1. The van der Waals surface area contributed by atoms with E-state index in [0.717, 1.165) is 47.4 Å². The van der Waals surface area contributed by atoms with Crippen molar-refractivity contribution in [1.29, 1.82) is 0 Å². The van der Waals surface area contributed by atoms with Gasteiger partial charge in [0.2, 0.25) is 21.8 Å². The van der Waals surface area contributed by atoms with Crippen molar-refractivity contribution < 1.29 is 18.0 Å². The fourth-order valence-corrected chi connectivity index (χ4v) is 6.77. The third-order valence-electron chi connectivity index (χ3n) is 7.68. The number of sulfonamides is 1. The lowest BCUT2D eigenvalue weighted by molar-refractivity contribution is -0.140. The zero-order valence-electron chi connectivity index (χ0n) is 24.1. The number of rotatable bonds is 11. The van der Waals surface area contributed by atoms with Crippen LogP contribution in [0, 0.1) is 13.8 Å². The molecule has 1 aliphatic rings. The van der Waals surface area contributed by atoms with Crippen LogP contribution in [0.1, 0.15) is 47.9 Å². The second-order valence-corrected chi connectivity index (χ2v) is 13.7. The highest BCUT2D eigenvalue weighted by atomic mass is 35.5. The van der Waals surface area contributed by atoms with Crippen molar-refractivity contribution >= 4 is 50.7 Å². The molecule has 4 rings (SSSR count). The second-order valence-electron chi connectivity index (χ2n) is 11.0. The summed E-state index contributed by atoms with van der Waals surface area (Å²) in [6.45, 7) is 3.09. The van der Waals surface area contributed by atoms with E-state index >= 15 is 0 Å². The van der Waals surface area contributed by atoms with Gasteiger partial charge in [-0.05, 0) is 61.6 Å². The van der Waals surface area contributed by atoms with E-state index in [1.807, 2.05) is 49.4 Å². The summed E-state index contributed by atoms with van der Waals surface area (Å²) in [7, 11) is -3.87. The number of nitrogens with zero attached hydrogens (tertiary/aromatic N) is 2. The van der Waals surface area contributed by atoms with Crippen molar-refractivity contribution in [2.45, 2.75) is 64.6 Å². The lowest BCUT2D eigenvalue weighted by Crippen LogP contribution is -2.54. The molecule has 0 unspecified atom stereocenters. The molecule has 0 spiro atoms. The zero-order chi connectivity index (χ0) is 30.4. The first-order valence-electron chi connectivity index (χ1n) is 14.1. The summed E-state index contributed by atoms with van der Waals surface area (Å²) in [5, 5.41) is 3.85. The Bertz CT molecular complexity index is 1510. The first-order valence-corrected chi connectivity index (χ1v) is 16.7. The number of hydrogen-bond acceptors (Lipinski definition) is 4. The van der Waals surface area contributed by atoms with Crippen LogP contribution in [0.4, 0.5) is 5.69 Å². The first-order chi connectivity index (χ1) is 19.9. The van der Waals surface area contributed by atoms with Gasteiger partial charge in [-0.3, -0.25) is 13.9 Å². The van der Waals surface area contributed by atoms with Crippen molar-refractivity contribution in [3.05, 3.63) is 99.0 Å². The molecule has 0 radical (unpaired) electrons. The number of anilines is 1. The summed E-state index contributed by atoms with van der Waals surface area (Å²) in [5.41, 5.74) is 3.32. The number of carbonyl (C=O) groups is 2. The van der Waals surface area contributed by atoms with Crippen LogP contribution in [0.3, 0.4) is 0 Å². The molecule has 7 nitrogen and oxygen atoms in total. The first kappa shape index (κ1) is 31.9. The normalized spacial score (nSPS) is 14.4. The SMILES string of the molecule is Cc1ccc(C)c(N(CC(=O)N(Cc2c(Cl)cccc2Cl)[C@H](Cc2ccccc2)C(=O)NC2CCCC2)S(C)(=O)=O)c1. The van der Waals surface area contributed by atoms with Gasteiger partial charge in [-0.2, -0.15) is 0 Å². The number of benzene rings is 3. The number of halogens is 2. The maximum atomic E-state index is 14.3. The Hall–Kier alpha value is -3.07. The van der Waals surface area contributed by atoms with Crippen molar-refractivity contribution in [2.75, 3.05) is 17.1 Å². The maximum Gasteiger partial charge on any atom is 0.244 e. The molecule has 0 heterocycles. The molecule has 1 saturated carbocycles. The van der Waals surface area contributed by atoms with Gasteiger partial charge < -0.3 is 10.2 Å². The summed E-state index contributed by atoms with van der Waals surface area (Å²) >= 11 is 13.1. The monoisotopic (exact) mass is 629 g/mol. The van der Waals surface area contributed by atoms with Crippen LogP contribution >= 0.6 is 23.2 Å². The van der Waals surface area contributed by atoms with Crippen LogP contribution in [-0.4, -0.2) is 50.0 Å². The molecule has 0 aromatic heterocycles. The van der Waals surface area contributed by atoms with Gasteiger partial charge in [0.25, 0.3) is 0 Å². The molecule has 42 heavy (non-hydrogen) atoms. The summed E-state index contributed by atoms with van der Waals surface area (Å²) < 4.78 is 27.3. The minimum absolute atomic E-state index is 0.0269. The van der Waals surface area contributed by atoms with Gasteiger partial charge in [0.1, 0.15) is 12.6 Å². The van der Waals surface area contributed by atoms with Crippen LogP contribution in [0.2, 0.25) is 10.0 Å². The Balaban J connectivity index is 1.78. The van der Waals surface area contributed by atoms with Crippen LogP contribution < -0.4 is 9.62 Å². The largest absolute Gasteiger partial charge is 0.352 e. The van der Waals surface area contributed by atoms with E-state index < -0.39 is 28.5 Å². The third-order valence-corrected chi connectivity index (χ3v) is 9.51. The van der Waals surface area contributed by atoms with Gasteiger partial charge in [-0.15, -0.1) is 0 Å². The van der Waals surface area contributed by atoms with E-state index in [4.69, 9.17) is 23.2 Å². The average Bonchev–Trinajstić information content (AvgIpc) is 3.45. The molecular weight excluding hydrogens is 593 g/mol. The van der Waals surface area contributed by atoms with Crippen LogP contribution in [0.5, 0.6) is 0 Å². The Morgan fingerprint density at radius 2 is 1.60 bits per heavy atom. The molecule has 1 fully saturated rings. The van der Waals surface area contributed by atoms with E-state index in [9.17, 15) is 18.0 Å². The Labute approximate surface area is 258 Å². The van der Waals surface area contributed by atoms with E-state index in [-0.39, 0.29) is 24.9 Å². The predicted octanol–water partition coefficient (Wildman–Crippen LogP) is 6.08. The lowest BCUT2D eigenvalue weighted by atomic mass is 10.0. The predicted molar refractivity (Wildman–Crippen MR) is 169 cm³/mol. The van der Waals surface area contributed by atoms with Crippen molar-refractivity contribution in [2.24, 2.45) is 0 Å². The zero-order valence-corrected chi connectivity index (χ0v) is 26.5. The molecular formula is C32H37Cl2N3O4S. The van der Waals surface area contributed by atoms with Gasteiger partial charge in [0.15, 0.2) is 0 Å². The second kappa shape index (κ2) is 13.9. The highest BCUT2D eigenvalue weighted by Crippen LogP contribution is 2.29. The Kier molecular flexibility index (Phi) is 10.6. The number of carbonyl (C=O) groups excluding carboxylic acids is 2. The molecule has 1 aliphatic carbocycles. The molecule has 0 aliphatic heterocycles. The number of aryl methyl sites for hydroxylation is 2. The fourth-order valence-electron chi connectivity index (χ4n) is 5.36. The molecule has 0 saturated heterocycles. The number of nitrogens with one attached hydrogen (secondary N) is 1. The quantitative estimate of drug-likeness (QED) is 0.279. The van der Waals surface area contributed by atoms with Crippen molar-refractivity contribution in [3.8, 4) is 0 Å². The fraction of sp³-hybridized carbons (Fsp3) is 0.375. The molecule has 3 aromatic carbocycles. The summed E-state index contributed by atoms with van der Waals surface area (Å²) in [6, 6.07) is 19.0. The smallest absolute Gasteiger partial charge is 0.244 e. The minimum atomic E-state index is -3.87. The van der Waals surface area contributed by atoms with Crippen LogP contribution in [-0.2, 0) is 32.6 Å². The standard InChI is InChI=1S/C32H37Cl2N3O4S/c1-22-16-17-23(2)29(18-22)37(42(3,40)41)21-31(38)36(20-26-27(33)14-9-15-28(26)34)30(19-24-10-5-4-6-11-24)32(39)35-25-12-7-8-13-25/h4-6,9-11,14-18,25,30H,7-8,12-13,19-21H2,1-3H3,(H,35,39)/t30-/m1/s1. The van der Waals surface area contributed by atoms with E-state index in [1.165, 1.54) is 4.90 Å². The van der Waals surface area contributed by atoms with Gasteiger partial charge >= 0.3 is 0 Å². The molecule has 10 heteroatoms. The topological polar surface area (TPSA) is 86.8 Å². The molecule has 1 atom stereocenters. The van der Waals surface area contributed by atoms with Crippen LogP contribution in [0.25, 0.3) is 0 Å². The molecule has 3 aromatic rings. The van der Waals surface area contributed by atoms with Gasteiger partial charge in [-0.25, -0.2) is 8.42 Å². The molecule has 1 N–H and O–H groups in total. The maximum absolute atomic E-state index is 14.3. The van der Waals surface area contributed by atoms with Crippen molar-refractivity contribution in [1.82, 2.24) is 10.2 Å². The third kappa shape index (κ3) is 8.06.